The summed E-state index contributed by atoms with van der Waals surface area (Å²) in [7, 11) is 0. The first-order valence-electron chi connectivity index (χ1n) is 6.13. The molecule has 0 saturated carbocycles. The van der Waals surface area contributed by atoms with Crippen molar-refractivity contribution in [2.75, 3.05) is 5.32 Å². The van der Waals surface area contributed by atoms with E-state index in [1.165, 1.54) is 48.6 Å². The number of rotatable bonds is 4. The molecule has 2 N–H and O–H groups in total. The highest BCUT2D eigenvalue weighted by atomic mass is 19.1. The highest BCUT2D eigenvalue weighted by Crippen LogP contribution is 2.15. The Morgan fingerprint density at radius 3 is 2.38 bits per heavy atom. The smallest absolute Gasteiger partial charge is 0.337 e. The lowest BCUT2D eigenvalue weighted by molar-refractivity contribution is -0.111. The minimum Gasteiger partial charge on any atom is -0.478 e. The van der Waals surface area contributed by atoms with Crippen LogP contribution in [0.5, 0.6) is 0 Å². The van der Waals surface area contributed by atoms with Crippen LogP contribution in [0, 0.1) is 5.82 Å². The summed E-state index contributed by atoms with van der Waals surface area (Å²) in [6.45, 7) is 0. The van der Waals surface area contributed by atoms with E-state index in [1.54, 1.807) is 12.1 Å². The number of carboxylic acid groups (broad SMARTS) is 1. The Morgan fingerprint density at radius 1 is 1.05 bits per heavy atom. The second kappa shape index (κ2) is 6.47. The highest BCUT2D eigenvalue weighted by molar-refractivity contribution is 6.06. The van der Waals surface area contributed by atoms with Crippen LogP contribution in [-0.2, 0) is 4.79 Å². The molecule has 0 aliphatic heterocycles. The van der Waals surface area contributed by atoms with Crippen molar-refractivity contribution in [2.45, 2.75) is 0 Å². The van der Waals surface area contributed by atoms with Crippen LogP contribution in [0.15, 0.2) is 54.6 Å². The fourth-order valence-corrected chi connectivity index (χ4v) is 1.70. The summed E-state index contributed by atoms with van der Waals surface area (Å²) in [6.07, 6.45) is 2.77. The molecule has 0 atom stereocenters. The van der Waals surface area contributed by atoms with Gasteiger partial charge in [-0.25, -0.2) is 9.18 Å². The van der Waals surface area contributed by atoms with E-state index in [0.717, 1.165) is 0 Å². The number of carbonyl (C=O) groups is 2. The number of hydrogen-bond donors (Lipinski definition) is 2. The first-order valence-corrected chi connectivity index (χ1v) is 6.13. The predicted molar refractivity (Wildman–Crippen MR) is 77.5 cm³/mol. The number of aromatic carboxylic acids is 1. The number of halogens is 1. The minimum absolute atomic E-state index is 0.0148. The summed E-state index contributed by atoms with van der Waals surface area (Å²) in [6, 6.07) is 11.8. The number of amides is 1. The monoisotopic (exact) mass is 285 g/mol. The van der Waals surface area contributed by atoms with Crippen LogP contribution >= 0.6 is 0 Å². The lowest BCUT2D eigenvalue weighted by atomic mass is 10.1. The number of anilines is 1. The zero-order valence-corrected chi connectivity index (χ0v) is 10.9. The number of nitrogens with one attached hydrogen (secondary N) is 1. The molecule has 0 radical (unpaired) electrons. The summed E-state index contributed by atoms with van der Waals surface area (Å²) in [5.41, 5.74) is 0.901. The molecular weight excluding hydrogens is 273 g/mol. The highest BCUT2D eigenvalue weighted by Gasteiger charge is 2.09. The maximum absolute atomic E-state index is 12.7. The van der Waals surface area contributed by atoms with Crippen molar-refractivity contribution in [3.05, 3.63) is 71.6 Å². The van der Waals surface area contributed by atoms with Crippen molar-refractivity contribution in [3.8, 4) is 0 Å². The van der Waals surface area contributed by atoms with Gasteiger partial charge in [-0.1, -0.05) is 24.3 Å². The van der Waals surface area contributed by atoms with Gasteiger partial charge in [0.2, 0.25) is 5.91 Å². The second-order valence-corrected chi connectivity index (χ2v) is 4.22. The number of para-hydroxylation sites is 1. The molecule has 106 valence electrons. The molecule has 0 saturated heterocycles. The second-order valence-electron chi connectivity index (χ2n) is 4.22. The molecule has 0 fully saturated rings. The maximum Gasteiger partial charge on any atom is 0.337 e. The summed E-state index contributed by atoms with van der Waals surface area (Å²) in [5, 5.41) is 11.5. The fourth-order valence-electron chi connectivity index (χ4n) is 1.70. The predicted octanol–water partition coefficient (Wildman–Crippen LogP) is 3.18. The third-order valence-electron chi connectivity index (χ3n) is 2.71. The van der Waals surface area contributed by atoms with Crippen molar-refractivity contribution >= 4 is 23.6 Å². The first kappa shape index (κ1) is 14.5. The van der Waals surface area contributed by atoms with Gasteiger partial charge in [-0.15, -0.1) is 0 Å². The standard InChI is InChI=1S/C16H12FNO3/c17-12-8-5-11(6-9-12)7-10-15(19)18-14-4-2-1-3-13(14)16(20)21/h1-10H,(H,18,19)(H,20,21)/b10-7+. The Kier molecular flexibility index (Phi) is 4.46. The van der Waals surface area contributed by atoms with Crippen molar-refractivity contribution in [1.82, 2.24) is 0 Å². The maximum atomic E-state index is 12.7. The largest absolute Gasteiger partial charge is 0.478 e. The normalized spacial score (nSPS) is 10.5. The molecule has 2 rings (SSSR count). The van der Waals surface area contributed by atoms with Crippen molar-refractivity contribution in [2.24, 2.45) is 0 Å². The molecule has 2 aromatic carbocycles. The van der Waals surface area contributed by atoms with E-state index in [2.05, 4.69) is 5.32 Å². The summed E-state index contributed by atoms with van der Waals surface area (Å²) in [4.78, 5) is 22.8. The molecule has 1 amide bonds. The van der Waals surface area contributed by atoms with Crippen LogP contribution in [0.1, 0.15) is 15.9 Å². The molecule has 0 unspecified atom stereocenters. The van der Waals surface area contributed by atoms with Gasteiger partial charge in [-0.05, 0) is 35.9 Å². The zero-order chi connectivity index (χ0) is 15.2. The third kappa shape index (κ3) is 4.01. The lowest BCUT2D eigenvalue weighted by Gasteiger charge is -2.05. The molecule has 0 spiro atoms. The summed E-state index contributed by atoms with van der Waals surface area (Å²) >= 11 is 0. The third-order valence-corrected chi connectivity index (χ3v) is 2.71. The van der Waals surface area contributed by atoms with Gasteiger partial charge in [0.25, 0.3) is 0 Å². The number of hydrogen-bond acceptors (Lipinski definition) is 2. The van der Waals surface area contributed by atoms with E-state index >= 15 is 0 Å². The molecule has 21 heavy (non-hydrogen) atoms. The van der Waals surface area contributed by atoms with Gasteiger partial charge in [0.1, 0.15) is 5.82 Å². The minimum atomic E-state index is -1.12. The summed E-state index contributed by atoms with van der Waals surface area (Å²) < 4.78 is 12.7. The molecule has 0 bridgehead atoms. The van der Waals surface area contributed by atoms with Crippen LogP contribution < -0.4 is 5.32 Å². The van der Waals surface area contributed by atoms with E-state index in [0.29, 0.717) is 5.56 Å². The van der Waals surface area contributed by atoms with E-state index in [9.17, 15) is 14.0 Å². The average molecular weight is 285 g/mol. The number of carboxylic acids is 1. The van der Waals surface area contributed by atoms with Crippen LogP contribution in [0.3, 0.4) is 0 Å². The van der Waals surface area contributed by atoms with E-state index in [-0.39, 0.29) is 17.1 Å². The molecular formula is C16H12FNO3. The summed E-state index contributed by atoms with van der Waals surface area (Å²) in [5.74, 6) is -1.94. The molecule has 4 nitrogen and oxygen atoms in total. The van der Waals surface area contributed by atoms with Gasteiger partial charge in [-0.3, -0.25) is 4.79 Å². The molecule has 2 aromatic rings. The van der Waals surface area contributed by atoms with Gasteiger partial charge in [0, 0.05) is 6.08 Å². The van der Waals surface area contributed by atoms with Crippen LogP contribution in [-0.4, -0.2) is 17.0 Å². The number of benzene rings is 2. The zero-order valence-electron chi connectivity index (χ0n) is 10.9. The van der Waals surface area contributed by atoms with Gasteiger partial charge < -0.3 is 10.4 Å². The van der Waals surface area contributed by atoms with Gasteiger partial charge in [0.05, 0.1) is 11.3 Å². The Labute approximate surface area is 120 Å². The van der Waals surface area contributed by atoms with Crippen LogP contribution in [0.4, 0.5) is 10.1 Å². The Hall–Kier alpha value is -2.95. The molecule has 0 heterocycles. The first-order chi connectivity index (χ1) is 10.1. The van der Waals surface area contributed by atoms with E-state index in [4.69, 9.17) is 5.11 Å². The van der Waals surface area contributed by atoms with Crippen molar-refractivity contribution in [3.63, 3.8) is 0 Å². The Balaban J connectivity index is 2.08. The quantitative estimate of drug-likeness (QED) is 0.848. The SMILES string of the molecule is O=C(/C=C/c1ccc(F)cc1)Nc1ccccc1C(=O)O. The van der Waals surface area contributed by atoms with Crippen LogP contribution in [0.25, 0.3) is 6.08 Å². The lowest BCUT2D eigenvalue weighted by Crippen LogP contribution is -2.11. The topological polar surface area (TPSA) is 66.4 Å². The van der Waals surface area contributed by atoms with Gasteiger partial charge >= 0.3 is 5.97 Å². The fraction of sp³-hybridized carbons (Fsp3) is 0. The van der Waals surface area contributed by atoms with Crippen LogP contribution in [0.2, 0.25) is 0 Å². The molecule has 0 aromatic heterocycles. The van der Waals surface area contributed by atoms with E-state index < -0.39 is 11.9 Å². The Morgan fingerprint density at radius 2 is 1.71 bits per heavy atom. The molecule has 0 aliphatic rings. The van der Waals surface area contributed by atoms with Gasteiger partial charge in [0.15, 0.2) is 0 Å². The van der Waals surface area contributed by atoms with E-state index in [1.807, 2.05) is 0 Å². The Bertz CT molecular complexity index is 693. The van der Waals surface area contributed by atoms with Crippen molar-refractivity contribution < 1.29 is 19.1 Å². The van der Waals surface area contributed by atoms with Gasteiger partial charge in [-0.2, -0.15) is 0 Å². The molecule has 5 heteroatoms. The average Bonchev–Trinajstić information content (AvgIpc) is 2.47. The van der Waals surface area contributed by atoms with Crippen molar-refractivity contribution in [1.29, 1.82) is 0 Å². The number of carbonyl (C=O) groups excluding carboxylic acids is 1. The molecule has 0 aliphatic carbocycles.